The van der Waals surface area contributed by atoms with Crippen molar-refractivity contribution in [3.05, 3.63) is 76.9 Å². The summed E-state index contributed by atoms with van der Waals surface area (Å²) >= 11 is 0. The summed E-state index contributed by atoms with van der Waals surface area (Å²) in [7, 11) is 0. The van der Waals surface area contributed by atoms with Gasteiger partial charge in [0.25, 0.3) is 0 Å². The van der Waals surface area contributed by atoms with Crippen LogP contribution in [0.3, 0.4) is 0 Å². The average molecular weight is 575 g/mol. The molecule has 0 unspecified atom stereocenters. The Morgan fingerprint density at radius 2 is 1.29 bits per heavy atom. The van der Waals surface area contributed by atoms with E-state index in [9.17, 15) is 0 Å². The van der Waals surface area contributed by atoms with Crippen LogP contribution >= 0.6 is 0 Å². The normalized spacial score (nSPS) is 13.1. The van der Waals surface area contributed by atoms with E-state index >= 15 is 0 Å². The Morgan fingerprint density at radius 3 is 1.71 bits per heavy atom. The standard InChI is InChI=1S/C26H35.C5H5.2ClH.Zr/c1-16-11-19(24(2,3)4)13-18-12-17-14-21(25(5,6)7)22(26(8,9)10)15-20(17)23(16)18;1-2-4-5-3-1;;;/h11-15H,1-10H3;1-3H,4H2;2*1H;/q2*-1;;;+4/p-2. The monoisotopic (exact) mass is 572 g/mol. The molecule has 3 aromatic rings. The molecule has 3 heteroatoms. The van der Waals surface area contributed by atoms with Gasteiger partial charge in [-0.05, 0) is 23.2 Å². The third kappa shape index (κ3) is 7.38. The number of rotatable bonds is 0. The molecule has 0 atom stereocenters. The Balaban J connectivity index is 0.00000121. The van der Waals surface area contributed by atoms with Gasteiger partial charge in [0.2, 0.25) is 0 Å². The van der Waals surface area contributed by atoms with Crippen LogP contribution in [0.1, 0.15) is 91.0 Å². The molecule has 0 aliphatic heterocycles. The largest absolute Gasteiger partial charge is 4.00 e. The van der Waals surface area contributed by atoms with E-state index in [4.69, 9.17) is 0 Å². The maximum atomic E-state index is 2.99. The molecule has 1 aliphatic carbocycles. The van der Waals surface area contributed by atoms with E-state index in [2.05, 4.69) is 112 Å². The minimum atomic E-state index is 0. The average Bonchev–Trinajstić information content (AvgIpc) is 3.29. The first-order valence-corrected chi connectivity index (χ1v) is 11.6. The molecule has 0 saturated carbocycles. The van der Waals surface area contributed by atoms with Gasteiger partial charge in [-0.3, -0.25) is 6.08 Å². The Kier molecular flexibility index (Phi) is 11.7. The van der Waals surface area contributed by atoms with Crippen LogP contribution in [0.4, 0.5) is 0 Å². The van der Waals surface area contributed by atoms with Crippen LogP contribution in [0, 0.1) is 13.0 Å². The summed E-state index contributed by atoms with van der Waals surface area (Å²) in [6, 6.07) is 12.1. The molecule has 0 heterocycles. The zero-order valence-electron chi connectivity index (χ0n) is 22.6. The van der Waals surface area contributed by atoms with Crippen molar-refractivity contribution in [1.29, 1.82) is 0 Å². The van der Waals surface area contributed by atoms with Crippen LogP contribution in [0.25, 0.3) is 21.5 Å². The molecule has 0 fully saturated rings. The van der Waals surface area contributed by atoms with E-state index in [1.165, 1.54) is 43.8 Å². The number of aryl methyl sites for hydroxylation is 1. The second-order valence-electron chi connectivity index (χ2n) is 12.1. The zero-order valence-corrected chi connectivity index (χ0v) is 26.6. The van der Waals surface area contributed by atoms with Gasteiger partial charge in [-0.2, -0.15) is 6.08 Å². The van der Waals surface area contributed by atoms with Crippen molar-refractivity contribution in [2.75, 3.05) is 0 Å². The van der Waals surface area contributed by atoms with Crippen LogP contribution < -0.4 is 24.8 Å². The molecular formula is C31H40Cl2Zr. The SMILES string of the molecule is Cc1cc(C(C)(C)C)cc2[cH-]c3cc(C(C)(C)C)c(C(C)(C)C)cc3c12.[C-]1=CC=CC1.[Cl-].[Cl-].[Zr+4]. The molecule has 34 heavy (non-hydrogen) atoms. The van der Waals surface area contributed by atoms with Gasteiger partial charge in [0.15, 0.2) is 0 Å². The van der Waals surface area contributed by atoms with Crippen LogP contribution in [0.2, 0.25) is 0 Å². The van der Waals surface area contributed by atoms with E-state index in [-0.39, 0.29) is 67.3 Å². The predicted molar refractivity (Wildman–Crippen MR) is 139 cm³/mol. The van der Waals surface area contributed by atoms with Crippen molar-refractivity contribution in [3.8, 4) is 0 Å². The number of hydrogen-bond donors (Lipinski definition) is 0. The molecule has 0 amide bonds. The molecule has 0 saturated heterocycles. The maximum absolute atomic E-state index is 2.99. The first-order valence-electron chi connectivity index (χ1n) is 11.6. The minimum Gasteiger partial charge on any atom is -1.00 e. The minimum absolute atomic E-state index is 0. The van der Waals surface area contributed by atoms with Gasteiger partial charge in [0, 0.05) is 0 Å². The Morgan fingerprint density at radius 1 is 0.735 bits per heavy atom. The van der Waals surface area contributed by atoms with Gasteiger partial charge in [-0.15, -0.1) is 46.2 Å². The van der Waals surface area contributed by atoms with E-state index in [1.807, 2.05) is 12.2 Å². The Labute approximate surface area is 240 Å². The van der Waals surface area contributed by atoms with Gasteiger partial charge < -0.3 is 24.8 Å². The number of benzene rings is 2. The van der Waals surface area contributed by atoms with E-state index in [0.717, 1.165) is 6.42 Å². The summed E-state index contributed by atoms with van der Waals surface area (Å²) in [6.07, 6.45) is 10.0. The van der Waals surface area contributed by atoms with E-state index in [1.54, 1.807) is 0 Å². The van der Waals surface area contributed by atoms with Gasteiger partial charge >= 0.3 is 26.2 Å². The molecule has 0 radical (unpaired) electrons. The van der Waals surface area contributed by atoms with Crippen LogP contribution in [-0.4, -0.2) is 0 Å². The summed E-state index contributed by atoms with van der Waals surface area (Å²) in [5.41, 5.74) is 6.22. The van der Waals surface area contributed by atoms with Crippen LogP contribution in [0.15, 0.2) is 48.6 Å². The van der Waals surface area contributed by atoms with E-state index < -0.39 is 0 Å². The number of halogens is 2. The molecule has 4 rings (SSSR count). The quantitative estimate of drug-likeness (QED) is 0.362. The van der Waals surface area contributed by atoms with Gasteiger partial charge in [0.05, 0.1) is 0 Å². The second-order valence-corrected chi connectivity index (χ2v) is 12.1. The summed E-state index contributed by atoms with van der Waals surface area (Å²) in [6.45, 7) is 23.1. The second kappa shape index (κ2) is 12.0. The predicted octanol–water partition coefficient (Wildman–Crippen LogP) is 3.22. The fourth-order valence-corrected chi connectivity index (χ4v) is 4.43. The molecular weight excluding hydrogens is 534 g/mol. The van der Waals surface area contributed by atoms with Crippen molar-refractivity contribution in [2.45, 2.75) is 91.9 Å². The van der Waals surface area contributed by atoms with Crippen molar-refractivity contribution in [2.24, 2.45) is 0 Å². The summed E-state index contributed by atoms with van der Waals surface area (Å²) < 4.78 is 0. The summed E-state index contributed by atoms with van der Waals surface area (Å²) in [5.74, 6) is 0. The fraction of sp³-hybridized carbons (Fsp3) is 0.452. The number of fused-ring (bicyclic) bond motifs is 3. The molecule has 182 valence electrons. The molecule has 0 bridgehead atoms. The fourth-order valence-electron chi connectivity index (χ4n) is 4.43. The summed E-state index contributed by atoms with van der Waals surface area (Å²) in [5, 5.41) is 5.61. The molecule has 0 aromatic heterocycles. The third-order valence-corrected chi connectivity index (χ3v) is 6.20. The number of hydrogen-bond acceptors (Lipinski definition) is 0. The first-order chi connectivity index (χ1) is 14.2. The van der Waals surface area contributed by atoms with Gasteiger partial charge in [-0.25, -0.2) is 12.2 Å². The summed E-state index contributed by atoms with van der Waals surface area (Å²) in [4.78, 5) is 0. The molecule has 0 spiro atoms. The third-order valence-electron chi connectivity index (χ3n) is 6.20. The smallest absolute Gasteiger partial charge is 1.00 e. The topological polar surface area (TPSA) is 0 Å². The molecule has 0 nitrogen and oxygen atoms in total. The van der Waals surface area contributed by atoms with Crippen molar-refractivity contribution in [1.82, 2.24) is 0 Å². The van der Waals surface area contributed by atoms with Crippen molar-refractivity contribution >= 4 is 21.5 Å². The van der Waals surface area contributed by atoms with Gasteiger partial charge in [-0.1, -0.05) is 96.7 Å². The molecule has 1 aliphatic rings. The zero-order chi connectivity index (χ0) is 23.2. The maximum Gasteiger partial charge on any atom is 4.00 e. The molecule has 3 aromatic carbocycles. The first kappa shape index (κ1) is 33.3. The van der Waals surface area contributed by atoms with Crippen molar-refractivity contribution in [3.63, 3.8) is 0 Å². The number of allylic oxidation sites excluding steroid dienone is 4. The Hall–Kier alpha value is -0.747. The molecule has 0 N–H and O–H groups in total. The van der Waals surface area contributed by atoms with E-state index in [0.29, 0.717) is 0 Å². The van der Waals surface area contributed by atoms with Gasteiger partial charge in [0.1, 0.15) is 0 Å². The Bertz CT molecular complexity index is 1150. The van der Waals surface area contributed by atoms with Crippen LogP contribution in [-0.2, 0) is 42.4 Å². The van der Waals surface area contributed by atoms with Crippen molar-refractivity contribution < 1.29 is 51.0 Å². The van der Waals surface area contributed by atoms with Crippen LogP contribution in [0.5, 0.6) is 0 Å².